The SMILES string of the molecule is COC(=O)c1c(NC(=O)c2ccccc2Cl)sc2c1CCN(c1ncc(C(F)(F)F)cc1Cl)C2. The summed E-state index contributed by atoms with van der Waals surface area (Å²) in [7, 11) is 1.24. The molecule has 1 aromatic carbocycles. The van der Waals surface area contributed by atoms with Crippen LogP contribution in [0.4, 0.5) is 24.0 Å². The maximum Gasteiger partial charge on any atom is 0.417 e. The lowest BCUT2D eigenvalue weighted by atomic mass is 10.0. The zero-order chi connectivity index (χ0) is 24.6. The van der Waals surface area contributed by atoms with Gasteiger partial charge in [-0.15, -0.1) is 11.3 Å². The lowest BCUT2D eigenvalue weighted by molar-refractivity contribution is -0.137. The number of pyridine rings is 1. The van der Waals surface area contributed by atoms with Crippen molar-refractivity contribution in [3.8, 4) is 0 Å². The van der Waals surface area contributed by atoms with Crippen molar-refractivity contribution in [1.29, 1.82) is 0 Å². The molecule has 1 aliphatic heterocycles. The summed E-state index contributed by atoms with van der Waals surface area (Å²) < 4.78 is 43.8. The van der Waals surface area contributed by atoms with E-state index in [4.69, 9.17) is 27.9 Å². The molecule has 0 saturated carbocycles. The van der Waals surface area contributed by atoms with E-state index in [0.717, 1.165) is 17.1 Å². The minimum Gasteiger partial charge on any atom is -0.465 e. The number of alkyl halides is 3. The molecule has 1 aliphatic rings. The average molecular weight is 530 g/mol. The second-order valence-electron chi connectivity index (χ2n) is 7.33. The summed E-state index contributed by atoms with van der Waals surface area (Å²) in [5.74, 6) is -0.889. The highest BCUT2D eigenvalue weighted by atomic mass is 35.5. The molecule has 1 amide bonds. The number of hydrogen-bond donors (Lipinski definition) is 1. The molecule has 0 atom stereocenters. The number of esters is 1. The van der Waals surface area contributed by atoms with Gasteiger partial charge in [0.25, 0.3) is 5.91 Å². The zero-order valence-corrected chi connectivity index (χ0v) is 19.8. The number of nitrogens with zero attached hydrogens (tertiary/aromatic N) is 2. The van der Waals surface area contributed by atoms with E-state index >= 15 is 0 Å². The van der Waals surface area contributed by atoms with Crippen LogP contribution in [0.5, 0.6) is 0 Å². The van der Waals surface area contributed by atoms with E-state index < -0.39 is 23.6 Å². The molecule has 0 radical (unpaired) electrons. The van der Waals surface area contributed by atoms with Gasteiger partial charge < -0.3 is 15.0 Å². The van der Waals surface area contributed by atoms with Crippen molar-refractivity contribution in [3.05, 3.63) is 73.7 Å². The maximum absolute atomic E-state index is 13.0. The van der Waals surface area contributed by atoms with E-state index in [1.54, 1.807) is 29.2 Å². The molecule has 34 heavy (non-hydrogen) atoms. The highest BCUT2D eigenvalue weighted by Crippen LogP contribution is 2.40. The Morgan fingerprint density at radius 1 is 1.21 bits per heavy atom. The van der Waals surface area contributed by atoms with Gasteiger partial charge in [0, 0.05) is 17.6 Å². The molecule has 3 heterocycles. The molecule has 0 unspecified atom stereocenters. The number of fused-ring (bicyclic) bond motifs is 1. The van der Waals surface area contributed by atoms with Gasteiger partial charge in [-0.2, -0.15) is 13.2 Å². The number of anilines is 2. The third-order valence-corrected chi connectivity index (χ3v) is 6.98. The first-order chi connectivity index (χ1) is 16.1. The Balaban J connectivity index is 1.65. The largest absolute Gasteiger partial charge is 0.465 e. The standard InChI is InChI=1S/C22H16Cl2F3N3O3S/c1-33-21(32)17-13-6-7-30(18-15(24)8-11(9-28-18)22(25,26)27)10-16(13)34-20(17)29-19(31)12-4-2-3-5-14(12)23/h2-5,8-9H,6-7,10H2,1H3,(H,29,31). The minimum absolute atomic E-state index is 0.129. The van der Waals surface area contributed by atoms with E-state index in [0.29, 0.717) is 23.5 Å². The predicted molar refractivity (Wildman–Crippen MR) is 124 cm³/mol. The molecule has 2 aromatic heterocycles. The summed E-state index contributed by atoms with van der Waals surface area (Å²) in [5.41, 5.74) is 0.251. The summed E-state index contributed by atoms with van der Waals surface area (Å²) >= 11 is 13.4. The second kappa shape index (κ2) is 9.44. The predicted octanol–water partition coefficient (Wildman–Crippen LogP) is 6.07. The van der Waals surface area contributed by atoms with Crippen LogP contribution in [-0.2, 0) is 23.9 Å². The lowest BCUT2D eigenvalue weighted by Gasteiger charge is -2.29. The van der Waals surface area contributed by atoms with E-state index in [9.17, 15) is 22.8 Å². The number of hydrogen-bond acceptors (Lipinski definition) is 6. The van der Waals surface area contributed by atoms with Gasteiger partial charge in [-0.1, -0.05) is 35.3 Å². The van der Waals surface area contributed by atoms with Crippen LogP contribution in [0, 0.1) is 0 Å². The van der Waals surface area contributed by atoms with E-state index in [-0.39, 0.29) is 33.5 Å². The highest BCUT2D eigenvalue weighted by Gasteiger charge is 2.34. The van der Waals surface area contributed by atoms with Crippen molar-refractivity contribution in [2.75, 3.05) is 23.9 Å². The molecule has 6 nitrogen and oxygen atoms in total. The number of methoxy groups -OCH3 is 1. The summed E-state index contributed by atoms with van der Waals surface area (Å²) in [6.07, 6.45) is -3.44. The Hall–Kier alpha value is -2.82. The third kappa shape index (κ3) is 4.70. The molecular weight excluding hydrogens is 514 g/mol. The Morgan fingerprint density at radius 2 is 1.94 bits per heavy atom. The zero-order valence-electron chi connectivity index (χ0n) is 17.5. The normalized spacial score (nSPS) is 13.4. The number of halogens is 5. The number of carbonyl (C=O) groups is 2. The summed E-state index contributed by atoms with van der Waals surface area (Å²) in [6, 6.07) is 7.33. The van der Waals surface area contributed by atoms with Gasteiger partial charge >= 0.3 is 12.1 Å². The van der Waals surface area contributed by atoms with Crippen LogP contribution < -0.4 is 10.2 Å². The number of rotatable bonds is 4. The lowest BCUT2D eigenvalue weighted by Crippen LogP contribution is -2.31. The van der Waals surface area contributed by atoms with Gasteiger partial charge in [0.05, 0.1) is 40.4 Å². The number of nitrogens with one attached hydrogen (secondary N) is 1. The molecule has 178 valence electrons. The van der Waals surface area contributed by atoms with E-state index in [1.807, 2.05) is 0 Å². The van der Waals surface area contributed by atoms with Crippen LogP contribution >= 0.6 is 34.5 Å². The Morgan fingerprint density at radius 3 is 2.59 bits per heavy atom. The van der Waals surface area contributed by atoms with Crippen LogP contribution in [0.15, 0.2) is 36.5 Å². The number of carbonyl (C=O) groups excluding carboxylic acids is 2. The summed E-state index contributed by atoms with van der Waals surface area (Å²) in [5, 5.41) is 3.17. The monoisotopic (exact) mass is 529 g/mol. The molecule has 0 saturated heterocycles. The van der Waals surface area contributed by atoms with Crippen LogP contribution in [0.25, 0.3) is 0 Å². The fraction of sp³-hybridized carbons (Fsp3) is 0.227. The third-order valence-electron chi connectivity index (χ3n) is 5.24. The minimum atomic E-state index is -4.55. The van der Waals surface area contributed by atoms with Gasteiger partial charge in [-0.25, -0.2) is 9.78 Å². The van der Waals surface area contributed by atoms with Gasteiger partial charge in [-0.05, 0) is 30.2 Å². The van der Waals surface area contributed by atoms with Crippen molar-refractivity contribution >= 4 is 57.2 Å². The number of amides is 1. The fourth-order valence-corrected chi connectivity index (χ4v) is 5.38. The van der Waals surface area contributed by atoms with Gasteiger partial charge in [-0.3, -0.25) is 4.79 Å². The smallest absolute Gasteiger partial charge is 0.417 e. The first-order valence-electron chi connectivity index (χ1n) is 9.86. The van der Waals surface area contributed by atoms with Crippen LogP contribution in [0.2, 0.25) is 10.0 Å². The molecule has 4 rings (SSSR count). The van der Waals surface area contributed by atoms with E-state index in [2.05, 4.69) is 10.3 Å². The Kier molecular flexibility index (Phi) is 6.75. The summed E-state index contributed by atoms with van der Waals surface area (Å²) in [6.45, 7) is 0.591. The number of thiophene rings is 1. The van der Waals surface area contributed by atoms with Gasteiger partial charge in [0.1, 0.15) is 10.8 Å². The van der Waals surface area contributed by atoms with Gasteiger partial charge in [0.15, 0.2) is 0 Å². The first kappa shape index (κ1) is 24.3. The molecule has 0 spiro atoms. The number of benzene rings is 1. The number of ether oxygens (including phenoxy) is 1. The molecule has 0 aliphatic carbocycles. The molecule has 1 N–H and O–H groups in total. The molecule has 0 fully saturated rings. The Bertz CT molecular complexity index is 1280. The highest BCUT2D eigenvalue weighted by molar-refractivity contribution is 7.17. The van der Waals surface area contributed by atoms with Crippen molar-refractivity contribution < 1.29 is 27.5 Å². The van der Waals surface area contributed by atoms with Crippen LogP contribution in [-0.4, -0.2) is 30.5 Å². The Labute approximate surface area is 206 Å². The molecule has 12 heteroatoms. The van der Waals surface area contributed by atoms with Crippen molar-refractivity contribution in [1.82, 2.24) is 4.98 Å². The van der Waals surface area contributed by atoms with E-state index in [1.165, 1.54) is 18.4 Å². The maximum atomic E-state index is 13.0. The first-order valence-corrected chi connectivity index (χ1v) is 11.4. The quantitative estimate of drug-likeness (QED) is 0.415. The molecule has 0 bridgehead atoms. The van der Waals surface area contributed by atoms with Crippen molar-refractivity contribution in [3.63, 3.8) is 0 Å². The van der Waals surface area contributed by atoms with Crippen molar-refractivity contribution in [2.24, 2.45) is 0 Å². The van der Waals surface area contributed by atoms with Crippen LogP contribution in [0.3, 0.4) is 0 Å². The second-order valence-corrected chi connectivity index (χ2v) is 9.25. The van der Waals surface area contributed by atoms with Crippen molar-refractivity contribution in [2.45, 2.75) is 19.1 Å². The topological polar surface area (TPSA) is 71.5 Å². The molecule has 3 aromatic rings. The molecular formula is C22H16Cl2F3N3O3S. The summed E-state index contributed by atoms with van der Waals surface area (Å²) in [4.78, 5) is 31.7. The van der Waals surface area contributed by atoms with Gasteiger partial charge in [0.2, 0.25) is 0 Å². The fourth-order valence-electron chi connectivity index (χ4n) is 3.62. The average Bonchev–Trinajstić information content (AvgIpc) is 3.15. The number of aromatic nitrogens is 1. The van der Waals surface area contributed by atoms with Crippen LogP contribution in [0.1, 0.15) is 36.7 Å².